The number of thiazole rings is 1. The van der Waals surface area contributed by atoms with Gasteiger partial charge in [-0.25, -0.2) is 13.4 Å². The Morgan fingerprint density at radius 1 is 1.16 bits per heavy atom. The van der Waals surface area contributed by atoms with Crippen molar-refractivity contribution in [3.05, 3.63) is 59.8 Å². The van der Waals surface area contributed by atoms with Gasteiger partial charge in [0.1, 0.15) is 11.6 Å². The van der Waals surface area contributed by atoms with Crippen LogP contribution in [0.1, 0.15) is 29.9 Å². The van der Waals surface area contributed by atoms with Gasteiger partial charge in [0.2, 0.25) is 5.13 Å². The van der Waals surface area contributed by atoms with Gasteiger partial charge in [-0.3, -0.25) is 4.79 Å². The van der Waals surface area contributed by atoms with Crippen molar-refractivity contribution in [1.29, 1.82) is 0 Å². The van der Waals surface area contributed by atoms with Gasteiger partial charge in [-0.15, -0.1) is 0 Å². The molecule has 0 spiro atoms. The smallest absolute Gasteiger partial charge is 0.256 e. The first-order chi connectivity index (χ1) is 15.2. The van der Waals surface area contributed by atoms with Crippen molar-refractivity contribution in [2.24, 2.45) is 0 Å². The summed E-state index contributed by atoms with van der Waals surface area (Å²) < 4.78 is 32.7. The lowest BCUT2D eigenvalue weighted by molar-refractivity contribution is 0.102. The lowest BCUT2D eigenvalue weighted by Gasteiger charge is -2.10. The quantitative estimate of drug-likeness (QED) is 0.452. The molecule has 166 valence electrons. The Hall–Kier alpha value is -3.24. The summed E-state index contributed by atoms with van der Waals surface area (Å²) >= 11 is 1.42. The Kier molecular flexibility index (Phi) is 5.74. The van der Waals surface area contributed by atoms with Crippen molar-refractivity contribution in [3.8, 4) is 10.9 Å². The van der Waals surface area contributed by atoms with Crippen LogP contribution in [-0.2, 0) is 9.84 Å². The predicted molar refractivity (Wildman–Crippen MR) is 125 cm³/mol. The van der Waals surface area contributed by atoms with Crippen molar-refractivity contribution < 1.29 is 17.9 Å². The molecule has 2 aromatic heterocycles. The molecule has 10 heteroatoms. The second kappa shape index (κ2) is 8.36. The minimum Gasteiger partial charge on any atom is -0.497 e. The zero-order chi connectivity index (χ0) is 23.0. The van der Waals surface area contributed by atoms with Crippen molar-refractivity contribution in [2.75, 3.05) is 12.4 Å². The molecule has 0 bridgehead atoms. The van der Waals surface area contributed by atoms with E-state index in [4.69, 9.17) is 4.74 Å². The molecule has 2 aromatic carbocycles. The molecule has 4 rings (SSSR count). The molecular formula is C22H22N4O4S2. The van der Waals surface area contributed by atoms with Crippen LogP contribution in [-0.4, -0.2) is 41.4 Å². The van der Waals surface area contributed by atoms with Crippen LogP contribution in [0.2, 0.25) is 0 Å². The number of anilines is 1. The zero-order valence-corrected chi connectivity index (χ0v) is 19.6. The van der Waals surface area contributed by atoms with E-state index in [2.05, 4.69) is 15.4 Å². The van der Waals surface area contributed by atoms with E-state index in [1.165, 1.54) is 23.5 Å². The number of rotatable bonds is 6. The van der Waals surface area contributed by atoms with Gasteiger partial charge in [0.15, 0.2) is 9.84 Å². The highest BCUT2D eigenvalue weighted by Crippen LogP contribution is 2.30. The Balaban J connectivity index is 1.66. The number of fused-ring (bicyclic) bond motifs is 1. The lowest BCUT2D eigenvalue weighted by atomic mass is 10.2. The fourth-order valence-corrected chi connectivity index (χ4v) is 5.18. The topological polar surface area (TPSA) is 103 Å². The number of sulfone groups is 1. The van der Waals surface area contributed by atoms with Crippen molar-refractivity contribution in [1.82, 2.24) is 14.8 Å². The summed E-state index contributed by atoms with van der Waals surface area (Å²) in [7, 11) is -1.88. The molecule has 0 aliphatic heterocycles. The third kappa shape index (κ3) is 4.11. The number of aryl methyl sites for hydroxylation is 1. The third-order valence-electron chi connectivity index (χ3n) is 4.88. The number of carbonyl (C=O) groups is 1. The third-order valence-corrected chi connectivity index (χ3v) is 8.03. The molecule has 0 fully saturated rings. The molecule has 2 heterocycles. The van der Waals surface area contributed by atoms with Crippen LogP contribution in [0.25, 0.3) is 15.3 Å². The average molecular weight is 471 g/mol. The molecule has 0 saturated carbocycles. The normalized spacial score (nSPS) is 11.8. The van der Waals surface area contributed by atoms with Gasteiger partial charge < -0.3 is 10.1 Å². The summed E-state index contributed by atoms with van der Waals surface area (Å²) in [5, 5.41) is 7.31. The lowest BCUT2D eigenvalue weighted by Crippen LogP contribution is -2.17. The summed E-state index contributed by atoms with van der Waals surface area (Å²) in [6.07, 6.45) is 0. The van der Waals surface area contributed by atoms with Gasteiger partial charge in [-0.05, 0) is 57.2 Å². The van der Waals surface area contributed by atoms with Gasteiger partial charge in [0.25, 0.3) is 5.91 Å². The van der Waals surface area contributed by atoms with E-state index in [0.717, 1.165) is 16.0 Å². The minimum atomic E-state index is -3.49. The highest BCUT2D eigenvalue weighted by Gasteiger charge is 2.21. The molecule has 1 N–H and O–H groups in total. The van der Waals surface area contributed by atoms with E-state index in [1.807, 2.05) is 25.1 Å². The first-order valence-electron chi connectivity index (χ1n) is 9.86. The van der Waals surface area contributed by atoms with Crippen LogP contribution < -0.4 is 10.1 Å². The Bertz CT molecular complexity index is 1420. The molecule has 0 unspecified atom stereocenters. The molecule has 0 saturated heterocycles. The largest absolute Gasteiger partial charge is 0.497 e. The molecule has 0 radical (unpaired) electrons. The first-order valence-corrected chi connectivity index (χ1v) is 12.2. The summed E-state index contributed by atoms with van der Waals surface area (Å²) in [5.74, 6) is 0.736. The van der Waals surface area contributed by atoms with Crippen LogP contribution in [0.5, 0.6) is 5.75 Å². The molecule has 4 aromatic rings. The monoisotopic (exact) mass is 470 g/mol. The predicted octanol–water partition coefficient (Wildman–Crippen LogP) is 4.23. The number of benzene rings is 2. The summed E-state index contributed by atoms with van der Waals surface area (Å²) in [6.45, 7) is 5.03. The van der Waals surface area contributed by atoms with Gasteiger partial charge in [-0.1, -0.05) is 17.4 Å². The molecule has 32 heavy (non-hydrogen) atoms. The fraction of sp³-hybridized carbons (Fsp3) is 0.227. The SMILES string of the molecule is COc1ccc2nc(-n3nc(C)cc3NC(=O)c3cccc(S(=O)(=O)C(C)C)c3)sc2c1. The number of methoxy groups -OCH3 is 1. The van der Waals surface area contributed by atoms with E-state index in [-0.39, 0.29) is 10.5 Å². The van der Waals surface area contributed by atoms with Crippen LogP contribution in [0.15, 0.2) is 53.4 Å². The van der Waals surface area contributed by atoms with E-state index in [1.54, 1.807) is 43.8 Å². The van der Waals surface area contributed by atoms with Gasteiger partial charge in [0.05, 0.1) is 33.2 Å². The Morgan fingerprint density at radius 2 is 1.94 bits per heavy atom. The van der Waals surface area contributed by atoms with Crippen LogP contribution in [0.4, 0.5) is 5.82 Å². The maximum atomic E-state index is 12.9. The minimum absolute atomic E-state index is 0.116. The van der Waals surface area contributed by atoms with E-state index >= 15 is 0 Å². The Morgan fingerprint density at radius 3 is 2.66 bits per heavy atom. The van der Waals surface area contributed by atoms with Crippen molar-refractivity contribution >= 4 is 43.1 Å². The summed E-state index contributed by atoms with van der Waals surface area (Å²) in [5.41, 5.74) is 1.74. The average Bonchev–Trinajstić information content (AvgIpc) is 3.35. The highest BCUT2D eigenvalue weighted by atomic mass is 32.2. The van der Waals surface area contributed by atoms with E-state index in [9.17, 15) is 13.2 Å². The van der Waals surface area contributed by atoms with Crippen LogP contribution in [0.3, 0.4) is 0 Å². The molecule has 0 atom stereocenters. The number of ether oxygens (including phenoxy) is 1. The zero-order valence-electron chi connectivity index (χ0n) is 18.0. The fourth-order valence-electron chi connectivity index (χ4n) is 3.12. The number of amides is 1. The Labute approximate surface area is 189 Å². The first kappa shape index (κ1) is 22.0. The van der Waals surface area contributed by atoms with Gasteiger partial charge in [-0.2, -0.15) is 9.78 Å². The standard InChI is InChI=1S/C22H22N4O4S2/c1-13(2)32(28,29)17-7-5-6-15(11-17)21(27)24-20-10-14(3)25-26(20)22-23-18-9-8-16(30-4)12-19(18)31-22/h5-13H,1-4H3,(H,24,27). The van der Waals surface area contributed by atoms with Crippen LogP contribution >= 0.6 is 11.3 Å². The molecule has 0 aliphatic rings. The maximum Gasteiger partial charge on any atom is 0.256 e. The maximum absolute atomic E-state index is 12.9. The number of hydrogen-bond acceptors (Lipinski definition) is 7. The second-order valence-corrected chi connectivity index (χ2v) is 11.0. The van der Waals surface area contributed by atoms with Gasteiger partial charge >= 0.3 is 0 Å². The molecule has 8 nitrogen and oxygen atoms in total. The summed E-state index contributed by atoms with van der Waals surface area (Å²) in [6, 6.07) is 13.4. The van der Waals surface area contributed by atoms with Crippen molar-refractivity contribution in [3.63, 3.8) is 0 Å². The molecule has 1 amide bonds. The molecular weight excluding hydrogens is 448 g/mol. The second-order valence-electron chi connectivity index (χ2n) is 7.49. The van der Waals surface area contributed by atoms with Crippen LogP contribution in [0, 0.1) is 6.92 Å². The number of nitrogens with zero attached hydrogens (tertiary/aromatic N) is 3. The van der Waals surface area contributed by atoms with Crippen molar-refractivity contribution in [2.45, 2.75) is 30.9 Å². The van der Waals surface area contributed by atoms with E-state index < -0.39 is 21.0 Å². The molecule has 0 aliphatic carbocycles. The van der Waals surface area contributed by atoms with Gasteiger partial charge in [0, 0.05) is 11.6 Å². The number of nitrogens with one attached hydrogen (secondary N) is 1. The number of hydrogen-bond donors (Lipinski definition) is 1. The highest BCUT2D eigenvalue weighted by molar-refractivity contribution is 7.92. The van der Waals surface area contributed by atoms with E-state index in [0.29, 0.717) is 16.6 Å². The number of aromatic nitrogens is 3. The number of carbonyl (C=O) groups excluding carboxylic acids is 1. The summed E-state index contributed by atoms with van der Waals surface area (Å²) in [4.78, 5) is 17.7.